The first-order valence-corrected chi connectivity index (χ1v) is 6.95. The molecule has 1 aliphatic heterocycles. The molecule has 1 saturated heterocycles. The van der Waals surface area contributed by atoms with Gasteiger partial charge in [0.25, 0.3) is 0 Å². The van der Waals surface area contributed by atoms with Gasteiger partial charge in [-0.3, -0.25) is 0 Å². The van der Waals surface area contributed by atoms with Gasteiger partial charge in [0.1, 0.15) is 11.5 Å². The van der Waals surface area contributed by atoms with Gasteiger partial charge in [0.05, 0.1) is 19.8 Å². The van der Waals surface area contributed by atoms with Gasteiger partial charge in [0.15, 0.2) is 0 Å². The molecule has 1 aromatic carbocycles. The van der Waals surface area contributed by atoms with Crippen LogP contribution in [0.2, 0.25) is 0 Å². The average molecular weight is 265 g/mol. The predicted octanol–water partition coefficient (Wildman–Crippen LogP) is 1.92. The number of aliphatic hydroxyl groups excluding tert-OH is 1. The van der Waals surface area contributed by atoms with Crippen LogP contribution in [0, 0.1) is 0 Å². The molecule has 1 aliphatic rings. The van der Waals surface area contributed by atoms with Crippen LogP contribution in [0.25, 0.3) is 0 Å². The molecule has 4 heteroatoms. The molecule has 0 saturated carbocycles. The van der Waals surface area contributed by atoms with E-state index in [1.165, 1.54) is 0 Å². The lowest BCUT2D eigenvalue weighted by molar-refractivity contribution is 0.0679. The van der Waals surface area contributed by atoms with E-state index in [-0.39, 0.29) is 6.10 Å². The molecule has 1 fully saturated rings. The summed E-state index contributed by atoms with van der Waals surface area (Å²) < 4.78 is 10.8. The second kappa shape index (κ2) is 7.36. The Morgan fingerprint density at radius 2 is 2.00 bits per heavy atom. The summed E-state index contributed by atoms with van der Waals surface area (Å²) in [4.78, 5) is 2.31. The number of ether oxygens (including phenoxy) is 2. The van der Waals surface area contributed by atoms with E-state index < -0.39 is 0 Å². The summed E-state index contributed by atoms with van der Waals surface area (Å²) >= 11 is 0. The summed E-state index contributed by atoms with van der Waals surface area (Å²) in [6.07, 6.45) is 2.88. The Bertz CT molecular complexity index is 366. The van der Waals surface area contributed by atoms with Crippen LogP contribution in [0.15, 0.2) is 24.3 Å². The molecular weight excluding hydrogens is 242 g/mol. The third kappa shape index (κ3) is 4.73. The Morgan fingerprint density at radius 1 is 1.26 bits per heavy atom. The number of β-amino-alcohol motifs (C(OH)–C–C–N with tert-alkyl or cyclic N) is 1. The third-order valence-electron chi connectivity index (χ3n) is 3.43. The van der Waals surface area contributed by atoms with Gasteiger partial charge >= 0.3 is 0 Å². The Kier molecular flexibility index (Phi) is 5.48. The molecule has 1 atom stereocenters. The highest BCUT2D eigenvalue weighted by Crippen LogP contribution is 2.17. The number of benzene rings is 1. The molecule has 106 valence electrons. The van der Waals surface area contributed by atoms with Gasteiger partial charge in [-0.2, -0.15) is 0 Å². The number of hydrogen-bond acceptors (Lipinski definition) is 4. The van der Waals surface area contributed by atoms with Crippen LogP contribution in [-0.2, 0) is 0 Å². The summed E-state index contributed by atoms with van der Waals surface area (Å²) in [7, 11) is 1.66. The van der Waals surface area contributed by atoms with E-state index in [0.29, 0.717) is 6.61 Å². The minimum absolute atomic E-state index is 0.142. The molecule has 0 spiro atoms. The zero-order valence-corrected chi connectivity index (χ0v) is 11.5. The molecule has 0 bridgehead atoms. The number of nitrogens with zero attached hydrogens (tertiary/aromatic N) is 1. The van der Waals surface area contributed by atoms with Crippen molar-refractivity contribution in [2.75, 3.05) is 33.4 Å². The van der Waals surface area contributed by atoms with Gasteiger partial charge in [0, 0.05) is 13.1 Å². The minimum Gasteiger partial charge on any atom is -0.497 e. The highest BCUT2D eigenvalue weighted by atomic mass is 16.5. The van der Waals surface area contributed by atoms with Crippen molar-refractivity contribution in [3.05, 3.63) is 24.3 Å². The first-order valence-electron chi connectivity index (χ1n) is 6.95. The van der Waals surface area contributed by atoms with E-state index >= 15 is 0 Å². The Hall–Kier alpha value is -1.26. The topological polar surface area (TPSA) is 41.9 Å². The van der Waals surface area contributed by atoms with E-state index in [2.05, 4.69) is 4.90 Å². The number of methoxy groups -OCH3 is 1. The molecule has 0 amide bonds. The number of rotatable bonds is 6. The van der Waals surface area contributed by atoms with Crippen LogP contribution in [0.5, 0.6) is 11.5 Å². The minimum atomic E-state index is -0.142. The smallest absolute Gasteiger partial charge is 0.119 e. The molecule has 0 radical (unpaired) electrons. The normalized spacial score (nSPS) is 20.2. The fourth-order valence-electron chi connectivity index (χ4n) is 2.38. The first-order chi connectivity index (χ1) is 9.28. The average Bonchev–Trinajstić information content (AvgIpc) is 2.44. The molecule has 2 rings (SSSR count). The molecule has 4 nitrogen and oxygen atoms in total. The van der Waals surface area contributed by atoms with Gasteiger partial charge in [-0.05, 0) is 50.1 Å². The molecule has 0 aromatic heterocycles. The number of likely N-dealkylation sites (tertiary alicyclic amines) is 1. The summed E-state index contributed by atoms with van der Waals surface area (Å²) in [6.45, 7) is 3.61. The standard InChI is InChI=1S/C15H23NO3/c1-18-14-5-7-15(8-6-14)19-11-3-10-16-9-2-4-13(17)12-16/h5-8,13,17H,2-4,9-12H2,1H3. The SMILES string of the molecule is COc1ccc(OCCCN2CCCC(O)C2)cc1. The first kappa shape index (κ1) is 14.2. The van der Waals surface area contributed by atoms with E-state index in [0.717, 1.165) is 50.4 Å². The monoisotopic (exact) mass is 265 g/mol. The van der Waals surface area contributed by atoms with Crippen molar-refractivity contribution < 1.29 is 14.6 Å². The molecule has 0 aliphatic carbocycles. The largest absolute Gasteiger partial charge is 0.497 e. The van der Waals surface area contributed by atoms with E-state index in [1.54, 1.807) is 7.11 Å². The third-order valence-corrected chi connectivity index (χ3v) is 3.43. The van der Waals surface area contributed by atoms with Crippen LogP contribution in [0.1, 0.15) is 19.3 Å². The van der Waals surface area contributed by atoms with Crippen LogP contribution < -0.4 is 9.47 Å². The summed E-state index contributed by atoms with van der Waals surface area (Å²) in [5.41, 5.74) is 0. The van der Waals surface area contributed by atoms with Crippen LogP contribution in [0.3, 0.4) is 0 Å². The second-order valence-electron chi connectivity index (χ2n) is 4.97. The molecule has 19 heavy (non-hydrogen) atoms. The fourth-order valence-corrected chi connectivity index (χ4v) is 2.38. The summed E-state index contributed by atoms with van der Waals surface area (Å²) in [5, 5.41) is 9.58. The molecule has 1 aromatic rings. The van der Waals surface area contributed by atoms with Crippen molar-refractivity contribution in [3.8, 4) is 11.5 Å². The number of piperidine rings is 1. The maximum Gasteiger partial charge on any atom is 0.119 e. The van der Waals surface area contributed by atoms with Gasteiger partial charge in [-0.15, -0.1) is 0 Å². The second-order valence-corrected chi connectivity index (χ2v) is 4.97. The number of hydrogen-bond donors (Lipinski definition) is 1. The van der Waals surface area contributed by atoms with Crippen molar-refractivity contribution in [2.45, 2.75) is 25.4 Å². The van der Waals surface area contributed by atoms with Gasteiger partial charge in [-0.1, -0.05) is 0 Å². The van der Waals surface area contributed by atoms with Gasteiger partial charge < -0.3 is 19.5 Å². The molecule has 1 N–H and O–H groups in total. The van der Waals surface area contributed by atoms with Crippen LogP contribution in [-0.4, -0.2) is 49.5 Å². The maximum atomic E-state index is 9.58. The van der Waals surface area contributed by atoms with Crippen LogP contribution in [0.4, 0.5) is 0 Å². The molecule has 1 heterocycles. The summed E-state index contributed by atoms with van der Waals surface area (Å²) in [6, 6.07) is 7.64. The zero-order chi connectivity index (χ0) is 13.5. The predicted molar refractivity (Wildman–Crippen MR) is 74.8 cm³/mol. The highest BCUT2D eigenvalue weighted by Gasteiger charge is 2.16. The van der Waals surface area contributed by atoms with Gasteiger partial charge in [0.2, 0.25) is 0 Å². The summed E-state index contributed by atoms with van der Waals surface area (Å²) in [5.74, 6) is 1.72. The van der Waals surface area contributed by atoms with Crippen molar-refractivity contribution >= 4 is 0 Å². The fraction of sp³-hybridized carbons (Fsp3) is 0.600. The Balaban J connectivity index is 1.63. The number of aliphatic hydroxyl groups is 1. The van der Waals surface area contributed by atoms with Crippen molar-refractivity contribution in [2.24, 2.45) is 0 Å². The van der Waals surface area contributed by atoms with Gasteiger partial charge in [-0.25, -0.2) is 0 Å². The van der Waals surface area contributed by atoms with E-state index in [4.69, 9.17) is 9.47 Å². The zero-order valence-electron chi connectivity index (χ0n) is 11.5. The van der Waals surface area contributed by atoms with Crippen LogP contribution >= 0.6 is 0 Å². The molecule has 1 unspecified atom stereocenters. The van der Waals surface area contributed by atoms with Crippen molar-refractivity contribution in [1.29, 1.82) is 0 Å². The van der Waals surface area contributed by atoms with E-state index in [9.17, 15) is 5.11 Å². The Labute approximate surface area is 114 Å². The van der Waals surface area contributed by atoms with E-state index in [1.807, 2.05) is 24.3 Å². The quantitative estimate of drug-likeness (QED) is 0.798. The molecular formula is C15H23NO3. The maximum absolute atomic E-state index is 9.58. The van der Waals surface area contributed by atoms with Crippen molar-refractivity contribution in [3.63, 3.8) is 0 Å². The highest BCUT2D eigenvalue weighted by molar-refractivity contribution is 5.31. The lowest BCUT2D eigenvalue weighted by Crippen LogP contribution is -2.39. The lowest BCUT2D eigenvalue weighted by atomic mass is 10.1. The van der Waals surface area contributed by atoms with Crippen molar-refractivity contribution in [1.82, 2.24) is 4.90 Å². The lowest BCUT2D eigenvalue weighted by Gasteiger charge is -2.29. The Morgan fingerprint density at radius 3 is 2.68 bits per heavy atom.